The molecule has 1 aromatic carbocycles. The van der Waals surface area contributed by atoms with E-state index in [0.717, 1.165) is 16.3 Å². The number of rotatable bonds is 8. The molecule has 0 saturated heterocycles. The number of aliphatic carboxylic acids is 1. The molecule has 2 rings (SSSR count). The van der Waals surface area contributed by atoms with E-state index in [4.69, 9.17) is 4.74 Å². The number of aromatic nitrogens is 1. The molecule has 0 saturated carbocycles. The number of para-hydroxylation sites is 1. The van der Waals surface area contributed by atoms with Crippen LogP contribution in [0.2, 0.25) is 0 Å². The standard InChI is InChI=1S/C18H22N2O4S/c1-4-11(2)16(18(22)23)20-15(21)9-12-10-25-17(19-12)13-7-5-6-8-14(13)24-3/h5-8,10-11,16H,4,9H2,1-3H3,(H,20,21)(H,22,23)/t11-,16-/m0/s1. The van der Waals surface area contributed by atoms with E-state index < -0.39 is 12.0 Å². The second-order valence-corrected chi connectivity index (χ2v) is 6.65. The summed E-state index contributed by atoms with van der Waals surface area (Å²) in [7, 11) is 1.60. The number of methoxy groups -OCH3 is 1. The molecule has 0 aliphatic carbocycles. The van der Waals surface area contributed by atoms with Crippen LogP contribution in [0.5, 0.6) is 5.75 Å². The molecule has 2 aromatic rings. The van der Waals surface area contributed by atoms with E-state index in [1.807, 2.05) is 38.1 Å². The van der Waals surface area contributed by atoms with E-state index in [1.165, 1.54) is 11.3 Å². The number of carboxylic acid groups (broad SMARTS) is 1. The summed E-state index contributed by atoms with van der Waals surface area (Å²) in [5, 5.41) is 14.4. The molecule has 0 bridgehead atoms. The summed E-state index contributed by atoms with van der Waals surface area (Å²) in [6.45, 7) is 3.70. The topological polar surface area (TPSA) is 88.5 Å². The number of thiazole rings is 1. The number of hydrogen-bond donors (Lipinski definition) is 2. The van der Waals surface area contributed by atoms with Crippen molar-refractivity contribution in [3.05, 3.63) is 35.3 Å². The van der Waals surface area contributed by atoms with Gasteiger partial charge in [-0.1, -0.05) is 32.4 Å². The smallest absolute Gasteiger partial charge is 0.326 e. The summed E-state index contributed by atoms with van der Waals surface area (Å²) in [5.74, 6) is -0.781. The minimum absolute atomic E-state index is 0.0475. The maximum absolute atomic E-state index is 12.2. The Morgan fingerprint density at radius 3 is 2.72 bits per heavy atom. The van der Waals surface area contributed by atoms with Crippen LogP contribution in [-0.2, 0) is 16.0 Å². The Kier molecular flexibility index (Phi) is 6.52. The number of ether oxygens (including phenoxy) is 1. The van der Waals surface area contributed by atoms with Crippen molar-refractivity contribution in [1.82, 2.24) is 10.3 Å². The number of benzene rings is 1. The van der Waals surface area contributed by atoms with E-state index in [9.17, 15) is 14.7 Å². The molecular formula is C18H22N2O4S. The van der Waals surface area contributed by atoms with Gasteiger partial charge in [0.25, 0.3) is 0 Å². The van der Waals surface area contributed by atoms with Gasteiger partial charge in [0.1, 0.15) is 16.8 Å². The Morgan fingerprint density at radius 2 is 2.08 bits per heavy atom. The molecule has 0 fully saturated rings. The van der Waals surface area contributed by atoms with Gasteiger partial charge >= 0.3 is 5.97 Å². The van der Waals surface area contributed by atoms with Gasteiger partial charge in [0, 0.05) is 5.38 Å². The minimum atomic E-state index is -1.02. The summed E-state index contributed by atoms with van der Waals surface area (Å²) in [6, 6.07) is 6.66. The number of carbonyl (C=O) groups excluding carboxylic acids is 1. The Balaban J connectivity index is 2.08. The van der Waals surface area contributed by atoms with Crippen molar-refractivity contribution in [2.24, 2.45) is 5.92 Å². The van der Waals surface area contributed by atoms with Crippen molar-refractivity contribution in [1.29, 1.82) is 0 Å². The van der Waals surface area contributed by atoms with Crippen LogP contribution in [0.25, 0.3) is 10.6 Å². The van der Waals surface area contributed by atoms with Crippen molar-refractivity contribution >= 4 is 23.2 Å². The molecule has 6 nitrogen and oxygen atoms in total. The van der Waals surface area contributed by atoms with Crippen LogP contribution in [-0.4, -0.2) is 35.1 Å². The number of carbonyl (C=O) groups is 2. The fourth-order valence-corrected chi connectivity index (χ4v) is 3.25. The first kappa shape index (κ1) is 18.9. The highest BCUT2D eigenvalue weighted by molar-refractivity contribution is 7.13. The second kappa shape index (κ2) is 8.62. The highest BCUT2D eigenvalue weighted by Gasteiger charge is 2.25. The van der Waals surface area contributed by atoms with Crippen LogP contribution in [0, 0.1) is 5.92 Å². The first-order valence-electron chi connectivity index (χ1n) is 8.06. The van der Waals surface area contributed by atoms with E-state index in [-0.39, 0.29) is 18.2 Å². The Morgan fingerprint density at radius 1 is 1.36 bits per heavy atom. The third-order valence-electron chi connectivity index (χ3n) is 4.03. The molecule has 0 aliphatic heterocycles. The molecule has 2 N–H and O–H groups in total. The maximum Gasteiger partial charge on any atom is 0.326 e. The zero-order chi connectivity index (χ0) is 18.4. The number of carboxylic acids is 1. The van der Waals surface area contributed by atoms with Gasteiger partial charge in [-0.25, -0.2) is 9.78 Å². The lowest BCUT2D eigenvalue weighted by Crippen LogP contribution is -2.45. The Labute approximate surface area is 150 Å². The third-order valence-corrected chi connectivity index (χ3v) is 4.95. The monoisotopic (exact) mass is 362 g/mol. The fraction of sp³-hybridized carbons (Fsp3) is 0.389. The van der Waals surface area contributed by atoms with Crippen molar-refractivity contribution in [2.75, 3.05) is 7.11 Å². The van der Waals surface area contributed by atoms with Crippen LogP contribution in [0.1, 0.15) is 26.0 Å². The van der Waals surface area contributed by atoms with Crippen LogP contribution in [0.4, 0.5) is 0 Å². The normalized spacial score (nSPS) is 13.1. The fourth-order valence-electron chi connectivity index (χ4n) is 2.41. The molecule has 25 heavy (non-hydrogen) atoms. The van der Waals surface area contributed by atoms with Gasteiger partial charge in [0.15, 0.2) is 0 Å². The van der Waals surface area contributed by atoms with Gasteiger partial charge in [0.05, 0.1) is 24.8 Å². The predicted molar refractivity (Wildman–Crippen MR) is 96.8 cm³/mol. The van der Waals surface area contributed by atoms with Gasteiger partial charge < -0.3 is 15.2 Å². The third kappa shape index (κ3) is 4.79. The summed E-state index contributed by atoms with van der Waals surface area (Å²) in [6.07, 6.45) is 0.720. The van der Waals surface area contributed by atoms with Crippen LogP contribution < -0.4 is 10.1 Å². The van der Waals surface area contributed by atoms with Crippen molar-refractivity contribution in [3.8, 4) is 16.3 Å². The molecule has 2 atom stereocenters. The Hall–Kier alpha value is -2.41. The molecule has 0 aliphatic rings. The van der Waals surface area contributed by atoms with Crippen LogP contribution in [0.3, 0.4) is 0 Å². The van der Waals surface area contributed by atoms with Gasteiger partial charge in [-0.15, -0.1) is 11.3 Å². The first-order valence-corrected chi connectivity index (χ1v) is 8.94. The minimum Gasteiger partial charge on any atom is -0.496 e. The van der Waals surface area contributed by atoms with E-state index in [0.29, 0.717) is 12.1 Å². The average molecular weight is 362 g/mol. The summed E-state index contributed by atoms with van der Waals surface area (Å²) in [4.78, 5) is 28.0. The van der Waals surface area contributed by atoms with Gasteiger partial charge in [0.2, 0.25) is 5.91 Å². The largest absolute Gasteiger partial charge is 0.496 e. The van der Waals surface area contributed by atoms with Gasteiger partial charge in [-0.05, 0) is 18.1 Å². The summed E-state index contributed by atoms with van der Waals surface area (Å²) < 4.78 is 5.33. The number of amides is 1. The van der Waals surface area contributed by atoms with Crippen LogP contribution in [0.15, 0.2) is 29.6 Å². The van der Waals surface area contributed by atoms with Crippen LogP contribution >= 0.6 is 11.3 Å². The molecule has 134 valence electrons. The van der Waals surface area contributed by atoms with Gasteiger partial charge in [-0.2, -0.15) is 0 Å². The molecule has 0 spiro atoms. The van der Waals surface area contributed by atoms with Crippen molar-refractivity contribution in [3.63, 3.8) is 0 Å². The van der Waals surface area contributed by atoms with Gasteiger partial charge in [-0.3, -0.25) is 4.79 Å². The predicted octanol–water partition coefficient (Wildman–Crippen LogP) is 2.98. The highest BCUT2D eigenvalue weighted by atomic mass is 32.1. The Bertz CT molecular complexity index is 744. The number of hydrogen-bond acceptors (Lipinski definition) is 5. The molecule has 0 radical (unpaired) electrons. The molecule has 1 amide bonds. The number of nitrogens with zero attached hydrogens (tertiary/aromatic N) is 1. The van der Waals surface area contributed by atoms with E-state index in [1.54, 1.807) is 12.5 Å². The van der Waals surface area contributed by atoms with E-state index >= 15 is 0 Å². The molecule has 1 heterocycles. The SMILES string of the molecule is CC[C@H](C)[C@H](NC(=O)Cc1csc(-c2ccccc2OC)n1)C(=O)O. The average Bonchev–Trinajstić information content (AvgIpc) is 3.06. The summed E-state index contributed by atoms with van der Waals surface area (Å²) >= 11 is 1.42. The first-order chi connectivity index (χ1) is 12.0. The summed E-state index contributed by atoms with van der Waals surface area (Å²) in [5.41, 5.74) is 1.47. The quantitative estimate of drug-likeness (QED) is 0.754. The lowest BCUT2D eigenvalue weighted by atomic mass is 9.99. The zero-order valence-corrected chi connectivity index (χ0v) is 15.3. The lowest BCUT2D eigenvalue weighted by molar-refractivity contribution is -0.143. The number of nitrogens with one attached hydrogen (secondary N) is 1. The molecule has 1 aromatic heterocycles. The lowest BCUT2D eigenvalue weighted by Gasteiger charge is -2.19. The van der Waals surface area contributed by atoms with Crippen molar-refractivity contribution in [2.45, 2.75) is 32.7 Å². The molecular weight excluding hydrogens is 340 g/mol. The zero-order valence-electron chi connectivity index (χ0n) is 14.5. The maximum atomic E-state index is 12.2. The molecule has 7 heteroatoms. The highest BCUT2D eigenvalue weighted by Crippen LogP contribution is 2.31. The molecule has 0 unspecified atom stereocenters. The van der Waals surface area contributed by atoms with Crippen molar-refractivity contribution < 1.29 is 19.4 Å². The second-order valence-electron chi connectivity index (χ2n) is 5.79. The van der Waals surface area contributed by atoms with E-state index in [2.05, 4.69) is 10.3 Å².